The summed E-state index contributed by atoms with van der Waals surface area (Å²) in [7, 11) is 0.679. The van der Waals surface area contributed by atoms with E-state index in [1.165, 1.54) is 7.11 Å². The van der Waals surface area contributed by atoms with E-state index in [0.29, 0.717) is 0 Å². The quantitative estimate of drug-likeness (QED) is 0.656. The number of hydrogen-bond donors (Lipinski definition) is 1. The van der Waals surface area contributed by atoms with Crippen LogP contribution in [0.1, 0.15) is 0 Å². The second-order valence-corrected chi connectivity index (χ2v) is 2.00. The van der Waals surface area contributed by atoms with Crippen LogP contribution in [0.25, 0.3) is 0 Å². The normalized spacial score (nSPS) is 8.55. The minimum absolute atomic E-state index is 0. The van der Waals surface area contributed by atoms with Crippen molar-refractivity contribution in [3.63, 3.8) is 0 Å². The molecular formula is C7H10BClO2. The first kappa shape index (κ1) is 10.5. The van der Waals surface area contributed by atoms with Crippen molar-refractivity contribution in [2.45, 2.75) is 0 Å². The number of rotatable bonds is 2. The monoisotopic (exact) mass is 172 g/mol. The summed E-state index contributed by atoms with van der Waals surface area (Å²) in [6, 6.07) is 9.24. The molecule has 1 rings (SSSR count). The lowest BCUT2D eigenvalue weighted by molar-refractivity contribution is 0.341. The Bertz CT molecular complexity index is 193. The molecule has 0 saturated heterocycles. The predicted molar refractivity (Wildman–Crippen MR) is 48.3 cm³/mol. The lowest BCUT2D eigenvalue weighted by atomic mass is 9.80. The molecule has 1 aromatic carbocycles. The third kappa shape index (κ3) is 2.93. The van der Waals surface area contributed by atoms with Crippen molar-refractivity contribution in [3.05, 3.63) is 30.3 Å². The Morgan fingerprint density at radius 1 is 1.27 bits per heavy atom. The van der Waals surface area contributed by atoms with Gasteiger partial charge in [0.1, 0.15) is 0 Å². The van der Waals surface area contributed by atoms with Gasteiger partial charge in [0, 0.05) is 7.11 Å². The summed E-state index contributed by atoms with van der Waals surface area (Å²) in [6.07, 6.45) is 0. The third-order valence-electron chi connectivity index (χ3n) is 1.31. The van der Waals surface area contributed by atoms with Crippen LogP contribution in [0.4, 0.5) is 0 Å². The van der Waals surface area contributed by atoms with E-state index < -0.39 is 7.12 Å². The van der Waals surface area contributed by atoms with Crippen LogP contribution < -0.4 is 5.46 Å². The Morgan fingerprint density at radius 3 is 2.27 bits per heavy atom. The van der Waals surface area contributed by atoms with Gasteiger partial charge in [0.25, 0.3) is 0 Å². The average Bonchev–Trinajstić information content (AvgIpc) is 2.05. The molecule has 0 amide bonds. The van der Waals surface area contributed by atoms with Crippen molar-refractivity contribution in [2.24, 2.45) is 0 Å². The molecule has 0 aliphatic carbocycles. The van der Waals surface area contributed by atoms with Crippen molar-refractivity contribution in [1.29, 1.82) is 0 Å². The molecule has 2 nitrogen and oxygen atoms in total. The molecule has 0 aliphatic heterocycles. The third-order valence-corrected chi connectivity index (χ3v) is 1.31. The highest BCUT2D eigenvalue weighted by molar-refractivity contribution is 6.59. The van der Waals surface area contributed by atoms with Crippen LogP contribution in [0, 0.1) is 0 Å². The molecule has 0 fully saturated rings. The van der Waals surface area contributed by atoms with Crippen LogP contribution in [0.3, 0.4) is 0 Å². The highest BCUT2D eigenvalue weighted by Gasteiger charge is 2.11. The fraction of sp³-hybridized carbons (Fsp3) is 0.143. The van der Waals surface area contributed by atoms with Gasteiger partial charge in [0.2, 0.25) is 0 Å². The maximum Gasteiger partial charge on any atom is 0.490 e. The second kappa shape index (κ2) is 5.19. The predicted octanol–water partition coefficient (Wildman–Crippen LogP) is 0.442. The molecule has 0 bridgehead atoms. The summed E-state index contributed by atoms with van der Waals surface area (Å²) in [5, 5.41) is 9.11. The van der Waals surface area contributed by atoms with E-state index in [1.807, 2.05) is 30.3 Å². The van der Waals surface area contributed by atoms with Gasteiger partial charge in [-0.15, -0.1) is 12.4 Å². The lowest BCUT2D eigenvalue weighted by Crippen LogP contribution is -2.31. The Morgan fingerprint density at radius 2 is 1.82 bits per heavy atom. The molecule has 0 aromatic heterocycles. The van der Waals surface area contributed by atoms with Crippen molar-refractivity contribution >= 4 is 25.0 Å². The zero-order valence-electron chi connectivity index (χ0n) is 6.23. The van der Waals surface area contributed by atoms with Crippen LogP contribution in [-0.4, -0.2) is 19.3 Å². The molecular weight excluding hydrogens is 162 g/mol. The zero-order valence-corrected chi connectivity index (χ0v) is 7.04. The minimum atomic E-state index is -0.791. The van der Waals surface area contributed by atoms with Crippen LogP contribution in [-0.2, 0) is 4.65 Å². The average molecular weight is 172 g/mol. The van der Waals surface area contributed by atoms with Gasteiger partial charge in [-0.1, -0.05) is 30.3 Å². The molecule has 0 aliphatic rings. The molecule has 60 valence electrons. The summed E-state index contributed by atoms with van der Waals surface area (Å²) >= 11 is 0. The largest absolute Gasteiger partial charge is 0.490 e. The molecule has 0 atom stereocenters. The van der Waals surface area contributed by atoms with Gasteiger partial charge >= 0.3 is 7.12 Å². The minimum Gasteiger partial charge on any atom is -0.423 e. The summed E-state index contributed by atoms with van der Waals surface area (Å²) in [5.41, 5.74) is 0.782. The zero-order chi connectivity index (χ0) is 7.40. The first-order chi connectivity index (χ1) is 4.84. The molecule has 0 saturated carbocycles. The number of hydrogen-bond acceptors (Lipinski definition) is 2. The fourth-order valence-corrected chi connectivity index (χ4v) is 0.754. The van der Waals surface area contributed by atoms with Gasteiger partial charge in [-0.05, 0) is 5.46 Å². The topological polar surface area (TPSA) is 29.5 Å². The number of halogens is 1. The Labute approximate surface area is 72.7 Å². The highest BCUT2D eigenvalue weighted by Crippen LogP contribution is 1.85. The van der Waals surface area contributed by atoms with Gasteiger partial charge in [-0.3, -0.25) is 0 Å². The molecule has 1 N–H and O–H groups in total. The number of benzene rings is 1. The van der Waals surface area contributed by atoms with E-state index in [-0.39, 0.29) is 12.4 Å². The van der Waals surface area contributed by atoms with Crippen molar-refractivity contribution in [1.82, 2.24) is 0 Å². The van der Waals surface area contributed by atoms with Crippen molar-refractivity contribution in [2.75, 3.05) is 7.11 Å². The molecule has 0 radical (unpaired) electrons. The van der Waals surface area contributed by atoms with E-state index in [4.69, 9.17) is 9.68 Å². The van der Waals surface area contributed by atoms with Gasteiger partial charge in [0.05, 0.1) is 0 Å². The Balaban J connectivity index is 0.000001000. The molecule has 4 heteroatoms. The van der Waals surface area contributed by atoms with Gasteiger partial charge in [-0.25, -0.2) is 0 Å². The van der Waals surface area contributed by atoms with Crippen molar-refractivity contribution < 1.29 is 9.68 Å². The molecule has 0 spiro atoms. The van der Waals surface area contributed by atoms with E-state index in [9.17, 15) is 0 Å². The van der Waals surface area contributed by atoms with E-state index >= 15 is 0 Å². The molecule has 11 heavy (non-hydrogen) atoms. The van der Waals surface area contributed by atoms with Gasteiger partial charge in [-0.2, -0.15) is 0 Å². The first-order valence-corrected chi connectivity index (χ1v) is 3.10. The molecule has 0 heterocycles. The van der Waals surface area contributed by atoms with Crippen LogP contribution >= 0.6 is 12.4 Å². The van der Waals surface area contributed by atoms with Crippen LogP contribution in [0.15, 0.2) is 30.3 Å². The first-order valence-electron chi connectivity index (χ1n) is 3.10. The highest BCUT2D eigenvalue weighted by atomic mass is 35.5. The van der Waals surface area contributed by atoms with Crippen LogP contribution in [0.5, 0.6) is 0 Å². The van der Waals surface area contributed by atoms with Gasteiger partial charge in [0.15, 0.2) is 0 Å². The molecule has 0 unspecified atom stereocenters. The lowest BCUT2D eigenvalue weighted by Gasteiger charge is -2.00. The maximum atomic E-state index is 9.11. The Hall–Kier alpha value is -0.505. The second-order valence-electron chi connectivity index (χ2n) is 2.00. The molecule has 1 aromatic rings. The van der Waals surface area contributed by atoms with E-state index in [2.05, 4.69) is 0 Å². The van der Waals surface area contributed by atoms with E-state index in [0.717, 1.165) is 5.46 Å². The summed E-state index contributed by atoms with van der Waals surface area (Å²) in [4.78, 5) is 0. The summed E-state index contributed by atoms with van der Waals surface area (Å²) in [6.45, 7) is 0. The summed E-state index contributed by atoms with van der Waals surface area (Å²) < 4.78 is 4.69. The Kier molecular flexibility index (Phi) is 4.95. The van der Waals surface area contributed by atoms with Crippen LogP contribution in [0.2, 0.25) is 0 Å². The van der Waals surface area contributed by atoms with E-state index in [1.54, 1.807) is 0 Å². The SMILES string of the molecule is COB(O)c1ccccc1.Cl. The van der Waals surface area contributed by atoms with Gasteiger partial charge < -0.3 is 9.68 Å². The fourth-order valence-electron chi connectivity index (χ4n) is 0.754. The standard InChI is InChI=1S/C7H9BO2.ClH/c1-10-8(9)7-5-3-2-4-6-7;/h2-6,9H,1H3;1H. The maximum absolute atomic E-state index is 9.11. The van der Waals surface area contributed by atoms with Crippen molar-refractivity contribution in [3.8, 4) is 0 Å². The smallest absolute Gasteiger partial charge is 0.423 e. The summed E-state index contributed by atoms with van der Waals surface area (Å²) in [5.74, 6) is 0.